The SMILES string of the molecule is CCCNc1c(C(=O)NCc2ccccc2)cccc1C(F)(F)F. The zero-order valence-electron chi connectivity index (χ0n) is 13.3. The summed E-state index contributed by atoms with van der Waals surface area (Å²) in [4.78, 5) is 12.4. The van der Waals surface area contributed by atoms with Crippen molar-refractivity contribution in [2.45, 2.75) is 26.1 Å². The van der Waals surface area contributed by atoms with Crippen molar-refractivity contribution in [2.24, 2.45) is 0 Å². The summed E-state index contributed by atoms with van der Waals surface area (Å²) in [5.74, 6) is -0.538. The minimum atomic E-state index is -4.52. The number of halogens is 3. The molecule has 0 saturated carbocycles. The highest BCUT2D eigenvalue weighted by Gasteiger charge is 2.35. The Hall–Kier alpha value is -2.50. The number of carbonyl (C=O) groups is 1. The number of hydrogen-bond donors (Lipinski definition) is 2. The summed E-state index contributed by atoms with van der Waals surface area (Å²) >= 11 is 0. The van der Waals surface area contributed by atoms with Crippen molar-refractivity contribution in [2.75, 3.05) is 11.9 Å². The number of nitrogens with one attached hydrogen (secondary N) is 2. The highest BCUT2D eigenvalue weighted by atomic mass is 19.4. The zero-order valence-corrected chi connectivity index (χ0v) is 13.3. The molecule has 3 nitrogen and oxygen atoms in total. The van der Waals surface area contributed by atoms with Gasteiger partial charge in [-0.15, -0.1) is 0 Å². The molecule has 0 aromatic heterocycles. The molecule has 2 rings (SSSR count). The second-order valence-electron chi connectivity index (χ2n) is 5.32. The van der Waals surface area contributed by atoms with Gasteiger partial charge in [-0.3, -0.25) is 4.79 Å². The van der Waals surface area contributed by atoms with Crippen molar-refractivity contribution >= 4 is 11.6 Å². The summed E-state index contributed by atoms with van der Waals surface area (Å²) in [5.41, 5.74) is -0.129. The van der Waals surface area contributed by atoms with E-state index >= 15 is 0 Å². The topological polar surface area (TPSA) is 41.1 Å². The third-order valence-electron chi connectivity index (χ3n) is 3.46. The molecule has 2 N–H and O–H groups in total. The molecule has 0 aliphatic carbocycles. The van der Waals surface area contributed by atoms with Crippen LogP contribution >= 0.6 is 0 Å². The number of para-hydroxylation sites is 1. The van der Waals surface area contributed by atoms with Crippen molar-refractivity contribution in [1.29, 1.82) is 0 Å². The normalized spacial score (nSPS) is 11.2. The number of alkyl halides is 3. The summed E-state index contributed by atoms with van der Waals surface area (Å²) < 4.78 is 39.6. The van der Waals surface area contributed by atoms with Crippen molar-refractivity contribution < 1.29 is 18.0 Å². The molecule has 0 fully saturated rings. The summed E-state index contributed by atoms with van der Waals surface area (Å²) in [5, 5.41) is 5.40. The van der Waals surface area contributed by atoms with Crippen LogP contribution in [0.5, 0.6) is 0 Å². The van der Waals surface area contributed by atoms with E-state index in [1.165, 1.54) is 12.1 Å². The Morgan fingerprint density at radius 3 is 2.38 bits per heavy atom. The van der Waals surface area contributed by atoms with Gasteiger partial charge in [-0.05, 0) is 24.1 Å². The van der Waals surface area contributed by atoms with E-state index in [1.54, 1.807) is 0 Å². The molecule has 0 atom stereocenters. The molecular weight excluding hydrogens is 317 g/mol. The minimum absolute atomic E-state index is 0.00536. The van der Waals surface area contributed by atoms with Gasteiger partial charge < -0.3 is 10.6 Å². The first-order valence-corrected chi connectivity index (χ1v) is 7.69. The van der Waals surface area contributed by atoms with Crippen molar-refractivity contribution in [1.82, 2.24) is 5.32 Å². The zero-order chi connectivity index (χ0) is 17.6. The first-order valence-electron chi connectivity index (χ1n) is 7.69. The van der Waals surface area contributed by atoms with Crippen molar-refractivity contribution in [3.8, 4) is 0 Å². The number of rotatable bonds is 6. The summed E-state index contributed by atoms with van der Waals surface area (Å²) in [6.45, 7) is 2.45. The number of amides is 1. The summed E-state index contributed by atoms with van der Waals surface area (Å²) in [6.07, 6.45) is -3.87. The number of carbonyl (C=O) groups excluding carboxylic acids is 1. The second kappa shape index (κ2) is 7.86. The maximum atomic E-state index is 13.2. The van der Waals surface area contributed by atoms with Crippen LogP contribution in [0.2, 0.25) is 0 Å². The Morgan fingerprint density at radius 2 is 1.75 bits per heavy atom. The smallest absolute Gasteiger partial charge is 0.384 e. The molecule has 0 spiro atoms. The molecule has 2 aromatic rings. The quantitative estimate of drug-likeness (QED) is 0.818. The van der Waals surface area contributed by atoms with Gasteiger partial charge in [0.1, 0.15) is 0 Å². The van der Waals surface area contributed by atoms with E-state index < -0.39 is 17.6 Å². The lowest BCUT2D eigenvalue weighted by Gasteiger charge is -2.18. The molecule has 6 heteroatoms. The van der Waals surface area contributed by atoms with Gasteiger partial charge >= 0.3 is 6.18 Å². The first kappa shape index (κ1) is 17.8. The monoisotopic (exact) mass is 336 g/mol. The van der Waals surface area contributed by atoms with Crippen LogP contribution in [-0.4, -0.2) is 12.5 Å². The predicted molar refractivity (Wildman–Crippen MR) is 87.8 cm³/mol. The third-order valence-corrected chi connectivity index (χ3v) is 3.46. The van der Waals surface area contributed by atoms with Gasteiger partial charge in [-0.2, -0.15) is 13.2 Å². The lowest BCUT2D eigenvalue weighted by Crippen LogP contribution is -2.25. The van der Waals surface area contributed by atoms with E-state index in [0.29, 0.717) is 13.0 Å². The maximum Gasteiger partial charge on any atom is 0.418 e. The van der Waals surface area contributed by atoms with Crippen molar-refractivity contribution in [3.63, 3.8) is 0 Å². The lowest BCUT2D eigenvalue weighted by molar-refractivity contribution is -0.137. The molecule has 0 aliphatic heterocycles. The molecule has 128 valence electrons. The third kappa shape index (κ3) is 4.50. The summed E-state index contributed by atoms with van der Waals surface area (Å²) in [7, 11) is 0. The van der Waals surface area contributed by atoms with Crippen LogP contribution in [0.15, 0.2) is 48.5 Å². The van der Waals surface area contributed by atoms with E-state index in [1.807, 2.05) is 37.3 Å². The van der Waals surface area contributed by atoms with Crippen LogP contribution in [0.4, 0.5) is 18.9 Å². The Labute approximate surface area is 138 Å². The molecule has 0 heterocycles. The fraction of sp³-hybridized carbons (Fsp3) is 0.278. The lowest BCUT2D eigenvalue weighted by atomic mass is 10.1. The average Bonchev–Trinajstić information content (AvgIpc) is 2.57. The average molecular weight is 336 g/mol. The Balaban J connectivity index is 2.25. The highest BCUT2D eigenvalue weighted by molar-refractivity contribution is 6.00. The minimum Gasteiger partial charge on any atom is -0.384 e. The molecular formula is C18H19F3N2O. The van der Waals surface area contributed by atoms with Crippen LogP contribution in [0, 0.1) is 0 Å². The largest absolute Gasteiger partial charge is 0.418 e. The highest BCUT2D eigenvalue weighted by Crippen LogP contribution is 2.36. The molecule has 0 aliphatic rings. The fourth-order valence-corrected chi connectivity index (χ4v) is 2.29. The molecule has 24 heavy (non-hydrogen) atoms. The van der Waals surface area contributed by atoms with Crippen LogP contribution < -0.4 is 10.6 Å². The van der Waals surface area contributed by atoms with Gasteiger partial charge in [-0.25, -0.2) is 0 Å². The molecule has 0 radical (unpaired) electrons. The van der Waals surface area contributed by atoms with Crippen molar-refractivity contribution in [3.05, 3.63) is 65.2 Å². The van der Waals surface area contributed by atoms with Crippen LogP contribution in [0.1, 0.15) is 34.8 Å². The molecule has 0 saturated heterocycles. The van der Waals surface area contributed by atoms with E-state index in [0.717, 1.165) is 11.6 Å². The van der Waals surface area contributed by atoms with Gasteiger partial charge in [0.25, 0.3) is 5.91 Å². The van der Waals surface area contributed by atoms with Crippen LogP contribution in [0.25, 0.3) is 0 Å². The molecule has 2 aromatic carbocycles. The fourth-order valence-electron chi connectivity index (χ4n) is 2.29. The molecule has 0 bridgehead atoms. The van der Waals surface area contributed by atoms with Crippen LogP contribution in [0.3, 0.4) is 0 Å². The van der Waals surface area contributed by atoms with E-state index in [4.69, 9.17) is 0 Å². The Bertz CT molecular complexity index is 684. The Kier molecular flexibility index (Phi) is 5.84. The van der Waals surface area contributed by atoms with E-state index in [2.05, 4.69) is 10.6 Å². The maximum absolute atomic E-state index is 13.2. The first-order chi connectivity index (χ1) is 11.4. The molecule has 0 unspecified atom stereocenters. The number of benzene rings is 2. The van der Waals surface area contributed by atoms with Crippen LogP contribution in [-0.2, 0) is 12.7 Å². The van der Waals surface area contributed by atoms with Gasteiger partial charge in [0.05, 0.1) is 16.8 Å². The van der Waals surface area contributed by atoms with Gasteiger partial charge in [-0.1, -0.05) is 43.3 Å². The van der Waals surface area contributed by atoms with Gasteiger partial charge in [0.15, 0.2) is 0 Å². The predicted octanol–water partition coefficient (Wildman–Crippen LogP) is 4.46. The summed E-state index contributed by atoms with van der Waals surface area (Å²) in [6, 6.07) is 12.8. The molecule has 1 amide bonds. The standard InChI is InChI=1S/C18H19F3N2O/c1-2-11-22-16-14(9-6-10-15(16)18(19,20)21)17(24)23-12-13-7-4-3-5-8-13/h3-10,22H,2,11-12H2,1H3,(H,23,24). The second-order valence-corrected chi connectivity index (χ2v) is 5.32. The Morgan fingerprint density at radius 1 is 1.04 bits per heavy atom. The number of anilines is 1. The van der Waals surface area contributed by atoms with Gasteiger partial charge in [0.2, 0.25) is 0 Å². The van der Waals surface area contributed by atoms with E-state index in [9.17, 15) is 18.0 Å². The van der Waals surface area contributed by atoms with E-state index in [-0.39, 0.29) is 17.8 Å². The van der Waals surface area contributed by atoms with Gasteiger partial charge in [0, 0.05) is 13.1 Å². The number of hydrogen-bond acceptors (Lipinski definition) is 2.